The first-order chi connectivity index (χ1) is 30.7. The van der Waals surface area contributed by atoms with E-state index in [0.29, 0.717) is 13.0 Å². The van der Waals surface area contributed by atoms with E-state index in [2.05, 4.69) is 26.0 Å². The van der Waals surface area contributed by atoms with Crippen molar-refractivity contribution in [3.05, 3.63) is 12.2 Å². The van der Waals surface area contributed by atoms with Crippen LogP contribution in [0.4, 0.5) is 0 Å². The van der Waals surface area contributed by atoms with E-state index in [1.807, 2.05) is 0 Å². The van der Waals surface area contributed by atoms with E-state index in [-0.39, 0.29) is 13.0 Å². The number of ether oxygens (including phenoxy) is 2. The molecule has 0 heterocycles. The second-order valence-electron chi connectivity index (χ2n) is 18.4. The molecular weight excluding hydrogens is 814 g/mol. The molecule has 0 aromatic heterocycles. The summed E-state index contributed by atoms with van der Waals surface area (Å²) in [6.45, 7) is 3.94. The highest BCUT2D eigenvalue weighted by atomic mass is 31.2. The molecule has 0 aliphatic heterocycles. The minimum absolute atomic E-state index is 0.0229. The number of allylic oxidation sites excluding steroid dienone is 2. The molecule has 0 aliphatic rings. The van der Waals surface area contributed by atoms with Gasteiger partial charge in [-0.1, -0.05) is 238 Å². The number of carboxylic acids is 1. The van der Waals surface area contributed by atoms with E-state index in [0.717, 1.165) is 38.5 Å². The molecule has 0 aromatic carbocycles. The fourth-order valence-corrected chi connectivity index (χ4v) is 8.67. The lowest BCUT2D eigenvalue weighted by Gasteiger charge is -2.20. The number of unbranched alkanes of at least 4 members (excludes halogenated alkanes) is 36. The van der Waals surface area contributed by atoms with Crippen LogP contribution in [0.15, 0.2) is 12.2 Å². The first-order valence-electron chi connectivity index (χ1n) is 26.7. The molecule has 0 saturated carbocycles. The van der Waals surface area contributed by atoms with Crippen LogP contribution in [0.2, 0.25) is 0 Å². The van der Waals surface area contributed by atoms with Gasteiger partial charge in [0.1, 0.15) is 12.1 Å². The Morgan fingerprint density at radius 2 is 0.825 bits per heavy atom. The first kappa shape index (κ1) is 61.7. The van der Waals surface area contributed by atoms with Gasteiger partial charge in [-0.2, -0.15) is 0 Å². The number of esters is 1. The Kier molecular flexibility index (Phi) is 47.6. The van der Waals surface area contributed by atoms with E-state index in [1.54, 1.807) is 0 Å². The first-order valence-corrected chi connectivity index (χ1v) is 28.2. The molecule has 0 amide bonds. The molecule has 3 unspecified atom stereocenters. The minimum atomic E-state index is -4.62. The lowest BCUT2D eigenvalue weighted by atomic mass is 10.0. The number of carboxylic acid groups (broad SMARTS) is 1. The van der Waals surface area contributed by atoms with E-state index < -0.39 is 45.1 Å². The smallest absolute Gasteiger partial charge is 0.472 e. The molecule has 63 heavy (non-hydrogen) atoms. The van der Waals surface area contributed by atoms with Gasteiger partial charge in [-0.15, -0.1) is 0 Å². The van der Waals surface area contributed by atoms with Crippen LogP contribution >= 0.6 is 7.82 Å². The molecule has 374 valence electrons. The summed E-state index contributed by atoms with van der Waals surface area (Å²) < 4.78 is 33.6. The van der Waals surface area contributed by atoms with Crippen molar-refractivity contribution in [3.8, 4) is 0 Å². The molecule has 0 rings (SSSR count). The van der Waals surface area contributed by atoms with Gasteiger partial charge in [0.2, 0.25) is 0 Å². The standard InChI is InChI=1S/C52H102NO9P/c1-3-5-7-9-11-13-15-17-19-21-23-24-25-27-29-31-33-35-37-39-41-43-45-59-46-49(47-60-63(57,58)61-48-50(53)52(55)56)62-51(54)44-42-40-38-36-34-32-30-28-26-22-20-18-16-14-12-10-8-6-4-2/h18,20,49-50H,3-17,19,21-48,53H2,1-2H3,(H,55,56)(H,57,58)/b20-18-. The second kappa shape index (κ2) is 48.6. The Labute approximate surface area is 388 Å². The van der Waals surface area contributed by atoms with Crippen molar-refractivity contribution in [3.63, 3.8) is 0 Å². The second-order valence-corrected chi connectivity index (χ2v) is 19.8. The molecule has 3 atom stereocenters. The van der Waals surface area contributed by atoms with Crippen LogP contribution in [0.1, 0.15) is 271 Å². The van der Waals surface area contributed by atoms with Crippen molar-refractivity contribution in [1.29, 1.82) is 0 Å². The summed E-state index contributed by atoms with van der Waals surface area (Å²) in [5.74, 6) is -1.77. The maximum absolute atomic E-state index is 12.7. The molecule has 0 spiro atoms. The number of hydrogen-bond donors (Lipinski definition) is 3. The number of aliphatic carboxylic acids is 1. The molecule has 0 saturated heterocycles. The van der Waals surface area contributed by atoms with Crippen LogP contribution in [0.25, 0.3) is 0 Å². The topological polar surface area (TPSA) is 155 Å². The van der Waals surface area contributed by atoms with E-state index in [4.69, 9.17) is 29.4 Å². The van der Waals surface area contributed by atoms with Gasteiger partial charge in [0.05, 0.1) is 19.8 Å². The van der Waals surface area contributed by atoms with Crippen molar-refractivity contribution < 1.29 is 42.7 Å². The van der Waals surface area contributed by atoms with Crippen LogP contribution < -0.4 is 5.73 Å². The van der Waals surface area contributed by atoms with Crippen LogP contribution in [0.5, 0.6) is 0 Å². The van der Waals surface area contributed by atoms with E-state index in [9.17, 15) is 19.0 Å². The van der Waals surface area contributed by atoms with E-state index >= 15 is 0 Å². The molecule has 10 nitrogen and oxygen atoms in total. The zero-order valence-electron chi connectivity index (χ0n) is 41.2. The zero-order valence-corrected chi connectivity index (χ0v) is 42.1. The molecule has 0 aromatic rings. The number of phosphoric ester groups is 1. The normalized spacial score (nSPS) is 13.7. The lowest BCUT2D eigenvalue weighted by molar-refractivity contribution is -0.154. The highest BCUT2D eigenvalue weighted by Gasteiger charge is 2.27. The van der Waals surface area contributed by atoms with Crippen molar-refractivity contribution >= 4 is 19.8 Å². The third-order valence-corrected chi connectivity index (χ3v) is 13.0. The summed E-state index contributed by atoms with van der Waals surface area (Å²) in [6.07, 6.45) is 54.1. The number of hydrogen-bond acceptors (Lipinski definition) is 8. The highest BCUT2D eigenvalue weighted by molar-refractivity contribution is 7.47. The van der Waals surface area contributed by atoms with Crippen molar-refractivity contribution in [1.82, 2.24) is 0 Å². The maximum Gasteiger partial charge on any atom is 0.472 e. The minimum Gasteiger partial charge on any atom is -0.480 e. The Balaban J connectivity index is 4.07. The molecule has 0 aliphatic carbocycles. The summed E-state index contributed by atoms with van der Waals surface area (Å²) in [6, 6.07) is -1.47. The molecular formula is C52H102NO9P. The summed E-state index contributed by atoms with van der Waals surface area (Å²) in [5.41, 5.74) is 5.38. The van der Waals surface area contributed by atoms with Gasteiger partial charge in [0, 0.05) is 13.0 Å². The van der Waals surface area contributed by atoms with Crippen molar-refractivity contribution in [2.24, 2.45) is 5.73 Å². The van der Waals surface area contributed by atoms with Gasteiger partial charge in [-0.05, 0) is 38.5 Å². The van der Waals surface area contributed by atoms with Gasteiger partial charge in [0.25, 0.3) is 0 Å². The van der Waals surface area contributed by atoms with E-state index in [1.165, 1.54) is 205 Å². The Morgan fingerprint density at radius 3 is 1.21 bits per heavy atom. The summed E-state index contributed by atoms with van der Waals surface area (Å²) in [5, 5.41) is 8.93. The van der Waals surface area contributed by atoms with Crippen LogP contribution in [-0.4, -0.2) is 60.5 Å². The van der Waals surface area contributed by atoms with Gasteiger partial charge < -0.3 is 25.2 Å². The van der Waals surface area contributed by atoms with Crippen LogP contribution in [0.3, 0.4) is 0 Å². The Morgan fingerprint density at radius 1 is 0.492 bits per heavy atom. The van der Waals surface area contributed by atoms with Gasteiger partial charge in [-0.3, -0.25) is 18.6 Å². The van der Waals surface area contributed by atoms with Crippen molar-refractivity contribution in [2.75, 3.05) is 26.4 Å². The number of carbonyl (C=O) groups excluding carboxylic acids is 1. The Bertz CT molecular complexity index is 1060. The van der Waals surface area contributed by atoms with Crippen LogP contribution in [-0.2, 0) is 32.7 Å². The summed E-state index contributed by atoms with van der Waals surface area (Å²) in [7, 11) is -4.62. The number of rotatable bonds is 52. The van der Waals surface area contributed by atoms with Crippen LogP contribution in [0, 0.1) is 0 Å². The van der Waals surface area contributed by atoms with Gasteiger partial charge in [0.15, 0.2) is 0 Å². The largest absolute Gasteiger partial charge is 0.480 e. The fraction of sp³-hybridized carbons (Fsp3) is 0.923. The molecule has 0 bridgehead atoms. The quantitative estimate of drug-likeness (QED) is 0.0232. The molecule has 0 fully saturated rings. The monoisotopic (exact) mass is 916 g/mol. The number of phosphoric acid groups is 1. The summed E-state index contributed by atoms with van der Waals surface area (Å²) >= 11 is 0. The molecule has 0 radical (unpaired) electrons. The highest BCUT2D eigenvalue weighted by Crippen LogP contribution is 2.43. The lowest BCUT2D eigenvalue weighted by Crippen LogP contribution is -2.34. The summed E-state index contributed by atoms with van der Waals surface area (Å²) in [4.78, 5) is 33.7. The SMILES string of the molecule is CCCCCCCC/C=C\CCCCCCCCCCCC(=O)OC(COCCCCCCCCCCCCCCCCCCCCCCCC)COP(=O)(O)OCC(N)C(=O)O. The Hall–Kier alpha value is -1.29. The van der Waals surface area contributed by atoms with Gasteiger partial charge in [-0.25, -0.2) is 4.57 Å². The predicted octanol–water partition coefficient (Wildman–Crippen LogP) is 15.7. The van der Waals surface area contributed by atoms with Crippen molar-refractivity contribution in [2.45, 2.75) is 283 Å². The third kappa shape index (κ3) is 48.5. The average molecular weight is 916 g/mol. The average Bonchev–Trinajstić information content (AvgIpc) is 3.26. The predicted molar refractivity (Wildman–Crippen MR) is 263 cm³/mol. The maximum atomic E-state index is 12.7. The molecule has 11 heteroatoms. The fourth-order valence-electron chi connectivity index (χ4n) is 7.90. The zero-order chi connectivity index (χ0) is 46.2. The third-order valence-electron chi connectivity index (χ3n) is 12.0. The molecule has 4 N–H and O–H groups in total. The number of nitrogens with two attached hydrogens (primary N) is 1. The number of carbonyl (C=O) groups is 2. The van der Waals surface area contributed by atoms with Gasteiger partial charge >= 0.3 is 19.8 Å².